The van der Waals surface area contributed by atoms with E-state index in [1.165, 1.54) is 24.8 Å². The van der Waals surface area contributed by atoms with Crippen LogP contribution in [0, 0.1) is 29.6 Å². The molecule has 2 aromatic carbocycles. The number of amides is 1. The van der Waals surface area contributed by atoms with E-state index in [0.29, 0.717) is 35.6 Å². The molecule has 2 bridgehead atoms. The lowest BCUT2D eigenvalue weighted by molar-refractivity contribution is -0.243. The van der Waals surface area contributed by atoms with Crippen LogP contribution in [0.3, 0.4) is 0 Å². The van der Waals surface area contributed by atoms with Gasteiger partial charge in [-0.05, 0) is 61.1 Å². The Morgan fingerprint density at radius 3 is 2.50 bits per heavy atom. The standard InChI is InChI=1S/C28H30ClNO2/c29-20-12-10-19(11-13-20)28-25-9-5-4-8-21(25)27(31)30(28)26-18-14-22(17-6-2-1-3-7-17)23(15-18)24(26)16-32-28/h1-3,6-7,10-13,18,21-26H,4-5,8-9,14-16H2/t18-,21+,22+,23-,24+,25+,26-,28-/m1/s1. The molecular formula is C28H30ClNO2. The summed E-state index contributed by atoms with van der Waals surface area (Å²) in [5.74, 6) is 2.98. The van der Waals surface area contributed by atoms with Gasteiger partial charge in [0.2, 0.25) is 5.91 Å². The summed E-state index contributed by atoms with van der Waals surface area (Å²) < 4.78 is 6.97. The normalized spacial score (nSPS) is 42.0. The summed E-state index contributed by atoms with van der Waals surface area (Å²) in [4.78, 5) is 16.3. The molecule has 4 heteroatoms. The van der Waals surface area contributed by atoms with Gasteiger partial charge in [-0.1, -0.05) is 66.9 Å². The monoisotopic (exact) mass is 447 g/mol. The number of hydrogen-bond donors (Lipinski definition) is 0. The summed E-state index contributed by atoms with van der Waals surface area (Å²) in [6.45, 7) is 0.769. The maximum absolute atomic E-state index is 14.0. The highest BCUT2D eigenvalue weighted by Gasteiger charge is 2.69. The zero-order chi connectivity index (χ0) is 21.4. The van der Waals surface area contributed by atoms with Crippen LogP contribution >= 0.6 is 11.6 Å². The Hall–Kier alpha value is -1.84. The number of benzene rings is 2. The molecule has 0 aromatic heterocycles. The van der Waals surface area contributed by atoms with Crippen molar-refractivity contribution in [3.63, 3.8) is 0 Å². The lowest BCUT2D eigenvalue weighted by Crippen LogP contribution is -2.62. The highest BCUT2D eigenvalue weighted by atomic mass is 35.5. The van der Waals surface area contributed by atoms with Gasteiger partial charge in [-0.3, -0.25) is 4.79 Å². The lowest BCUT2D eigenvalue weighted by atomic mass is 9.71. The molecule has 2 aromatic rings. The third-order valence-electron chi connectivity index (χ3n) is 9.58. The van der Waals surface area contributed by atoms with E-state index in [1.807, 2.05) is 12.1 Å². The van der Waals surface area contributed by atoms with Crippen molar-refractivity contribution in [1.82, 2.24) is 4.90 Å². The second-order valence-electron chi connectivity index (χ2n) is 10.8. The number of rotatable bonds is 2. The highest BCUT2D eigenvalue weighted by molar-refractivity contribution is 6.30. The van der Waals surface area contributed by atoms with Crippen molar-refractivity contribution in [2.45, 2.75) is 56.2 Å². The van der Waals surface area contributed by atoms with E-state index in [-0.39, 0.29) is 11.8 Å². The molecule has 1 amide bonds. The van der Waals surface area contributed by atoms with Gasteiger partial charge in [-0.2, -0.15) is 0 Å². The molecule has 3 saturated carbocycles. The first-order chi connectivity index (χ1) is 15.7. The summed E-state index contributed by atoms with van der Waals surface area (Å²) in [5.41, 5.74) is 2.00. The third kappa shape index (κ3) is 2.50. The van der Waals surface area contributed by atoms with E-state index < -0.39 is 5.72 Å². The van der Waals surface area contributed by atoms with E-state index >= 15 is 0 Å². The molecule has 0 unspecified atom stereocenters. The minimum atomic E-state index is -0.597. The predicted octanol–water partition coefficient (Wildman–Crippen LogP) is 5.98. The zero-order valence-corrected chi connectivity index (χ0v) is 19.1. The van der Waals surface area contributed by atoms with Gasteiger partial charge < -0.3 is 9.64 Å². The minimum absolute atomic E-state index is 0.113. The molecule has 2 aliphatic heterocycles. The second kappa shape index (κ2) is 7.08. The van der Waals surface area contributed by atoms with Crippen molar-refractivity contribution >= 4 is 17.5 Å². The molecule has 3 nitrogen and oxygen atoms in total. The number of carbonyl (C=O) groups excluding carboxylic acids is 1. The van der Waals surface area contributed by atoms with E-state index in [0.717, 1.165) is 36.5 Å². The molecule has 3 aliphatic carbocycles. The SMILES string of the molecule is O=C1[C@H]2CCCC[C@@H]2[C@@]2(c3ccc(Cl)cc3)OC[C@H]3[C@@H]4C[C@@H](C[C@H]4c4ccccc4)[C@H]3N12. The van der Waals surface area contributed by atoms with Crippen LogP contribution < -0.4 is 0 Å². The van der Waals surface area contributed by atoms with Crippen LogP contribution in [0.1, 0.15) is 55.6 Å². The molecule has 5 fully saturated rings. The number of ether oxygens (including phenoxy) is 1. The van der Waals surface area contributed by atoms with Crippen LogP contribution in [0.25, 0.3) is 0 Å². The molecular weight excluding hydrogens is 418 g/mol. The quantitative estimate of drug-likeness (QED) is 0.566. The summed E-state index contributed by atoms with van der Waals surface area (Å²) >= 11 is 6.25. The Balaban J connectivity index is 1.31. The van der Waals surface area contributed by atoms with Crippen LogP contribution in [0.4, 0.5) is 0 Å². The molecule has 0 spiro atoms. The maximum atomic E-state index is 14.0. The van der Waals surface area contributed by atoms with Gasteiger partial charge in [-0.25, -0.2) is 0 Å². The number of nitrogens with zero attached hydrogens (tertiary/aromatic N) is 1. The zero-order valence-electron chi connectivity index (χ0n) is 18.3. The Kier molecular flexibility index (Phi) is 4.34. The number of halogens is 1. The largest absolute Gasteiger partial charge is 0.350 e. The summed E-state index contributed by atoms with van der Waals surface area (Å²) in [6.07, 6.45) is 6.87. The van der Waals surface area contributed by atoms with Gasteiger partial charge >= 0.3 is 0 Å². The Bertz CT molecular complexity index is 1040. The number of fused-ring (bicyclic) bond motifs is 9. The first kappa shape index (κ1) is 19.6. The second-order valence-corrected chi connectivity index (χ2v) is 11.2. The molecule has 7 rings (SSSR count). The molecule has 32 heavy (non-hydrogen) atoms. The van der Waals surface area contributed by atoms with E-state index in [4.69, 9.17) is 16.3 Å². The molecule has 2 heterocycles. The van der Waals surface area contributed by atoms with Crippen LogP contribution in [0.5, 0.6) is 0 Å². The van der Waals surface area contributed by atoms with E-state index in [2.05, 4.69) is 47.4 Å². The van der Waals surface area contributed by atoms with Gasteiger partial charge in [-0.15, -0.1) is 0 Å². The Labute approximate surface area is 195 Å². The van der Waals surface area contributed by atoms with E-state index in [9.17, 15) is 4.79 Å². The first-order valence-corrected chi connectivity index (χ1v) is 12.8. The van der Waals surface area contributed by atoms with E-state index in [1.54, 1.807) is 0 Å². The number of carbonyl (C=O) groups is 1. The molecule has 0 radical (unpaired) electrons. The fraction of sp³-hybridized carbons (Fsp3) is 0.536. The first-order valence-electron chi connectivity index (χ1n) is 12.5. The lowest BCUT2D eigenvalue weighted by Gasteiger charge is -2.54. The van der Waals surface area contributed by atoms with Crippen molar-refractivity contribution in [3.8, 4) is 0 Å². The fourth-order valence-corrected chi connectivity index (χ4v) is 8.61. The molecule has 2 saturated heterocycles. The smallest absolute Gasteiger partial charge is 0.228 e. The molecule has 5 aliphatic rings. The predicted molar refractivity (Wildman–Crippen MR) is 124 cm³/mol. The molecule has 0 N–H and O–H groups in total. The van der Waals surface area contributed by atoms with Crippen LogP contribution in [-0.2, 0) is 15.3 Å². The Morgan fingerprint density at radius 2 is 1.69 bits per heavy atom. The number of hydrogen-bond acceptors (Lipinski definition) is 2. The van der Waals surface area contributed by atoms with Gasteiger partial charge in [0, 0.05) is 34.4 Å². The van der Waals surface area contributed by atoms with Crippen molar-refractivity contribution < 1.29 is 9.53 Å². The summed E-state index contributed by atoms with van der Waals surface area (Å²) in [7, 11) is 0. The fourth-order valence-electron chi connectivity index (χ4n) is 8.48. The topological polar surface area (TPSA) is 29.5 Å². The summed E-state index contributed by atoms with van der Waals surface area (Å²) in [5, 5.41) is 0.737. The van der Waals surface area contributed by atoms with Gasteiger partial charge in [0.15, 0.2) is 5.72 Å². The Morgan fingerprint density at radius 1 is 0.906 bits per heavy atom. The van der Waals surface area contributed by atoms with Gasteiger partial charge in [0.25, 0.3) is 0 Å². The maximum Gasteiger partial charge on any atom is 0.228 e. The van der Waals surface area contributed by atoms with Gasteiger partial charge in [0.05, 0.1) is 6.61 Å². The van der Waals surface area contributed by atoms with Crippen molar-refractivity contribution in [2.24, 2.45) is 29.6 Å². The van der Waals surface area contributed by atoms with Gasteiger partial charge in [0.1, 0.15) is 0 Å². The average Bonchev–Trinajstić information content (AvgIpc) is 3.50. The van der Waals surface area contributed by atoms with Crippen molar-refractivity contribution in [2.75, 3.05) is 6.61 Å². The molecule has 166 valence electrons. The minimum Gasteiger partial charge on any atom is -0.350 e. The van der Waals surface area contributed by atoms with Crippen molar-refractivity contribution in [3.05, 3.63) is 70.7 Å². The van der Waals surface area contributed by atoms with Crippen LogP contribution in [0.15, 0.2) is 54.6 Å². The van der Waals surface area contributed by atoms with Crippen LogP contribution in [0.2, 0.25) is 5.02 Å². The third-order valence-corrected chi connectivity index (χ3v) is 9.83. The van der Waals surface area contributed by atoms with Crippen LogP contribution in [-0.4, -0.2) is 23.5 Å². The van der Waals surface area contributed by atoms with Crippen molar-refractivity contribution in [1.29, 1.82) is 0 Å². The summed E-state index contributed by atoms with van der Waals surface area (Å²) in [6, 6.07) is 19.5. The molecule has 8 atom stereocenters. The highest BCUT2D eigenvalue weighted by Crippen LogP contribution is 2.65. The average molecular weight is 448 g/mol.